The average Bonchev–Trinajstić information content (AvgIpc) is 3.22. The molecule has 7 rings (SSSR count). The number of aromatic nitrogens is 3. The minimum absolute atomic E-state index is 0.238. The smallest absolute Gasteiger partial charge is 0.154 e. The van der Waals surface area contributed by atoms with Crippen LogP contribution in [0.3, 0.4) is 0 Å². The van der Waals surface area contributed by atoms with Crippen LogP contribution in [0.5, 0.6) is 0 Å². The molecule has 5 aromatic rings. The van der Waals surface area contributed by atoms with Crippen LogP contribution in [0.25, 0.3) is 39.6 Å². The van der Waals surface area contributed by atoms with Gasteiger partial charge in [0.05, 0.1) is 22.8 Å². The van der Waals surface area contributed by atoms with Gasteiger partial charge in [0.25, 0.3) is 0 Å². The van der Waals surface area contributed by atoms with E-state index in [1.807, 2.05) is 42.5 Å². The van der Waals surface area contributed by atoms with E-state index < -0.39 is 0 Å². The summed E-state index contributed by atoms with van der Waals surface area (Å²) < 4.78 is 16.5. The summed E-state index contributed by atoms with van der Waals surface area (Å²) in [4.78, 5) is 9.78. The Bertz CT molecular complexity index is 1620. The lowest BCUT2D eigenvalue weighted by Gasteiger charge is -2.38. The van der Waals surface area contributed by atoms with E-state index in [0.717, 1.165) is 75.9 Å². The number of hydrogen-bond acceptors (Lipinski definition) is 4. The molecule has 176 valence electrons. The minimum Gasteiger partial charge on any atom is -0.338 e. The van der Waals surface area contributed by atoms with Gasteiger partial charge in [-0.15, -0.1) is 0 Å². The third-order valence-electron chi connectivity index (χ3n) is 7.40. The molecule has 0 saturated heterocycles. The highest BCUT2D eigenvalue weighted by Gasteiger charge is 2.34. The van der Waals surface area contributed by atoms with E-state index in [2.05, 4.69) is 39.1 Å². The Morgan fingerprint density at radius 1 is 0.889 bits per heavy atom. The molecule has 3 aromatic carbocycles. The molecule has 0 bridgehead atoms. The number of nitrogens with zero attached hydrogens (tertiary/aromatic N) is 3. The Balaban J connectivity index is 1.54. The summed E-state index contributed by atoms with van der Waals surface area (Å²) in [5.74, 6) is 1.22. The van der Waals surface area contributed by atoms with E-state index in [4.69, 9.17) is 10.7 Å². The second-order valence-corrected chi connectivity index (χ2v) is 9.61. The number of halogens is 1. The number of nitrogens with one attached hydrogen (secondary N) is 1. The third kappa shape index (κ3) is 3.18. The van der Waals surface area contributed by atoms with E-state index in [1.54, 1.807) is 12.3 Å². The van der Waals surface area contributed by atoms with E-state index >= 15 is 0 Å². The number of para-hydroxylation sites is 1. The van der Waals surface area contributed by atoms with Gasteiger partial charge in [0.15, 0.2) is 5.82 Å². The number of benzene rings is 3. The molecule has 0 amide bonds. The summed E-state index contributed by atoms with van der Waals surface area (Å²) in [5, 5.41) is 3.48. The van der Waals surface area contributed by atoms with Crippen LogP contribution in [0.1, 0.15) is 24.8 Å². The molecule has 6 heteroatoms. The van der Waals surface area contributed by atoms with E-state index in [9.17, 15) is 4.39 Å². The summed E-state index contributed by atoms with van der Waals surface area (Å²) in [6.45, 7) is 0. The topological polar surface area (TPSA) is 68.8 Å². The molecule has 1 saturated carbocycles. The molecule has 5 nitrogen and oxygen atoms in total. The Labute approximate surface area is 208 Å². The lowest BCUT2D eigenvalue weighted by molar-refractivity contribution is 0.253. The quantitative estimate of drug-likeness (QED) is 0.297. The van der Waals surface area contributed by atoms with Gasteiger partial charge in [-0.05, 0) is 61.2 Å². The van der Waals surface area contributed by atoms with Crippen molar-refractivity contribution in [2.45, 2.75) is 24.8 Å². The van der Waals surface area contributed by atoms with Gasteiger partial charge < -0.3 is 11.1 Å². The normalized spacial score (nSPS) is 15.1. The van der Waals surface area contributed by atoms with Crippen molar-refractivity contribution in [1.82, 2.24) is 14.5 Å². The molecular formula is C30H24FN5. The fourth-order valence-corrected chi connectivity index (χ4v) is 5.33. The van der Waals surface area contributed by atoms with Gasteiger partial charge in [-0.2, -0.15) is 0 Å². The SMILES string of the molecule is NC1(c2ccc(-c3c(-c4cccc(F)c4)nc4n3-c3cccnc3Nc3ccccc3-4)cc2)CCC1. The molecule has 2 aliphatic rings. The van der Waals surface area contributed by atoms with Crippen molar-refractivity contribution in [3.63, 3.8) is 0 Å². The molecule has 1 aliphatic carbocycles. The maximum absolute atomic E-state index is 14.4. The van der Waals surface area contributed by atoms with Crippen molar-refractivity contribution < 1.29 is 4.39 Å². The first kappa shape index (κ1) is 21.0. The van der Waals surface area contributed by atoms with Gasteiger partial charge in [0.1, 0.15) is 11.6 Å². The van der Waals surface area contributed by atoms with Crippen LogP contribution >= 0.6 is 0 Å². The van der Waals surface area contributed by atoms with E-state index in [1.165, 1.54) is 12.1 Å². The number of hydrogen-bond donors (Lipinski definition) is 2. The number of anilines is 2. The third-order valence-corrected chi connectivity index (χ3v) is 7.40. The molecule has 0 atom stereocenters. The van der Waals surface area contributed by atoms with Gasteiger partial charge in [0.2, 0.25) is 0 Å². The number of imidazole rings is 1. The van der Waals surface area contributed by atoms with Crippen molar-refractivity contribution in [1.29, 1.82) is 0 Å². The molecular weight excluding hydrogens is 449 g/mol. The fourth-order valence-electron chi connectivity index (χ4n) is 5.33. The first-order valence-corrected chi connectivity index (χ1v) is 12.2. The average molecular weight is 474 g/mol. The molecule has 3 N–H and O–H groups in total. The zero-order valence-corrected chi connectivity index (χ0v) is 19.6. The van der Waals surface area contributed by atoms with Crippen molar-refractivity contribution in [2.75, 3.05) is 5.32 Å². The number of rotatable bonds is 3. The standard InChI is InChI=1S/C30H24FN5/c31-22-7-3-6-20(18-22)26-27(19-11-13-21(14-12-19)30(32)15-5-16-30)36-25-10-4-17-33-28(25)34-24-9-2-1-8-23(24)29(36)35-26/h1-4,6-14,17-18H,5,15-16,32H2,(H,33,34). The van der Waals surface area contributed by atoms with Crippen molar-refractivity contribution in [2.24, 2.45) is 5.73 Å². The van der Waals surface area contributed by atoms with Crippen LogP contribution < -0.4 is 11.1 Å². The zero-order chi connectivity index (χ0) is 24.3. The van der Waals surface area contributed by atoms with Gasteiger partial charge in [-0.3, -0.25) is 4.57 Å². The van der Waals surface area contributed by atoms with Crippen LogP contribution in [0.2, 0.25) is 0 Å². The number of pyridine rings is 1. The predicted octanol–water partition coefficient (Wildman–Crippen LogP) is 6.80. The molecule has 3 heterocycles. The van der Waals surface area contributed by atoms with Crippen molar-refractivity contribution in [3.8, 4) is 39.6 Å². The van der Waals surface area contributed by atoms with Crippen LogP contribution in [-0.4, -0.2) is 14.5 Å². The maximum atomic E-state index is 14.4. The van der Waals surface area contributed by atoms with E-state index in [0.29, 0.717) is 0 Å². The summed E-state index contributed by atoms with van der Waals surface area (Å²) in [5.41, 5.74) is 13.6. The second kappa shape index (κ2) is 7.86. The Morgan fingerprint density at radius 3 is 2.50 bits per heavy atom. The maximum Gasteiger partial charge on any atom is 0.154 e. The summed E-state index contributed by atoms with van der Waals surface area (Å²) >= 11 is 0. The van der Waals surface area contributed by atoms with Crippen molar-refractivity contribution >= 4 is 11.5 Å². The zero-order valence-electron chi connectivity index (χ0n) is 19.6. The molecule has 0 spiro atoms. The Hall–Kier alpha value is -4.29. The number of nitrogens with two attached hydrogens (primary N) is 1. The fraction of sp³-hybridized carbons (Fsp3) is 0.133. The van der Waals surface area contributed by atoms with Crippen LogP contribution in [-0.2, 0) is 5.54 Å². The van der Waals surface area contributed by atoms with Gasteiger partial charge in [0, 0.05) is 28.4 Å². The van der Waals surface area contributed by atoms with Crippen LogP contribution in [0.15, 0.2) is 91.1 Å². The number of fused-ring (bicyclic) bond motifs is 5. The molecule has 0 unspecified atom stereocenters. The molecule has 1 aliphatic heterocycles. The summed E-state index contributed by atoms with van der Waals surface area (Å²) in [6.07, 6.45) is 4.95. The first-order valence-electron chi connectivity index (χ1n) is 12.2. The molecule has 36 heavy (non-hydrogen) atoms. The lowest BCUT2D eigenvalue weighted by Crippen LogP contribution is -2.43. The van der Waals surface area contributed by atoms with E-state index in [-0.39, 0.29) is 11.4 Å². The highest BCUT2D eigenvalue weighted by Crippen LogP contribution is 2.45. The Morgan fingerprint density at radius 2 is 1.72 bits per heavy atom. The second-order valence-electron chi connectivity index (χ2n) is 9.61. The van der Waals surface area contributed by atoms with Gasteiger partial charge >= 0.3 is 0 Å². The Kier molecular flexibility index (Phi) is 4.59. The molecule has 2 aromatic heterocycles. The monoisotopic (exact) mass is 473 g/mol. The summed E-state index contributed by atoms with van der Waals surface area (Å²) in [7, 11) is 0. The van der Waals surface area contributed by atoms with Crippen molar-refractivity contribution in [3.05, 3.63) is 103 Å². The predicted molar refractivity (Wildman–Crippen MR) is 141 cm³/mol. The lowest BCUT2D eigenvalue weighted by atomic mass is 9.72. The van der Waals surface area contributed by atoms with Gasteiger partial charge in [-0.1, -0.05) is 48.5 Å². The molecule has 0 radical (unpaired) electrons. The molecule has 1 fully saturated rings. The van der Waals surface area contributed by atoms with Crippen LogP contribution in [0, 0.1) is 5.82 Å². The first-order chi connectivity index (χ1) is 17.6. The highest BCUT2D eigenvalue weighted by molar-refractivity contribution is 5.90. The largest absolute Gasteiger partial charge is 0.338 e. The van der Waals surface area contributed by atoms with Gasteiger partial charge in [-0.25, -0.2) is 14.4 Å². The minimum atomic E-state index is -0.295. The van der Waals surface area contributed by atoms with Crippen LogP contribution in [0.4, 0.5) is 15.9 Å². The summed E-state index contributed by atoms with van der Waals surface area (Å²) in [6, 6.07) is 27.1. The highest BCUT2D eigenvalue weighted by atomic mass is 19.1.